The molecule has 4 rings (SSSR count). The van der Waals surface area contributed by atoms with Crippen LogP contribution >= 0.6 is 0 Å². The van der Waals surface area contributed by atoms with Gasteiger partial charge in [0.05, 0.1) is 6.61 Å². The molecular formula is C25H30O4. The van der Waals surface area contributed by atoms with Gasteiger partial charge in [0, 0.05) is 23.5 Å². The van der Waals surface area contributed by atoms with Gasteiger partial charge in [-0.2, -0.15) is 0 Å². The molecule has 0 radical (unpaired) electrons. The van der Waals surface area contributed by atoms with Crippen molar-refractivity contribution in [2.75, 3.05) is 6.61 Å². The fourth-order valence-electron chi connectivity index (χ4n) is 3.50. The molecular weight excluding hydrogens is 364 g/mol. The van der Waals surface area contributed by atoms with Crippen molar-refractivity contribution >= 4 is 0 Å². The molecule has 1 aliphatic rings. The third-order valence-corrected chi connectivity index (χ3v) is 4.73. The zero-order valence-electron chi connectivity index (χ0n) is 17.5. The van der Waals surface area contributed by atoms with E-state index in [2.05, 4.69) is 0 Å². The van der Waals surface area contributed by atoms with E-state index in [1.54, 1.807) is 36.4 Å². The Kier molecular flexibility index (Phi) is 7.96. The Morgan fingerprint density at radius 3 is 1.69 bits per heavy atom. The summed E-state index contributed by atoms with van der Waals surface area (Å²) in [6.07, 6.45) is 0. The molecule has 3 aromatic rings. The minimum absolute atomic E-state index is 0.0227. The number of phenolic OH excluding ortho intramolecular Hbond substituents is 3. The van der Waals surface area contributed by atoms with E-state index in [4.69, 9.17) is 4.74 Å². The molecule has 4 nitrogen and oxygen atoms in total. The normalized spacial score (nSPS) is 16.8. The van der Waals surface area contributed by atoms with E-state index in [-0.39, 0.29) is 29.1 Å². The molecule has 1 aliphatic heterocycles. The maximum Gasteiger partial charge on any atom is 0.126 e. The molecule has 3 aromatic carbocycles. The van der Waals surface area contributed by atoms with Gasteiger partial charge < -0.3 is 20.1 Å². The number of benzene rings is 3. The maximum absolute atomic E-state index is 9.75. The van der Waals surface area contributed by atoms with Gasteiger partial charge in [0.1, 0.15) is 23.0 Å². The van der Waals surface area contributed by atoms with Crippen LogP contribution in [-0.2, 0) is 0 Å². The lowest BCUT2D eigenvalue weighted by atomic mass is 9.76. The Balaban J connectivity index is 0.000000707. The summed E-state index contributed by atoms with van der Waals surface area (Å²) >= 11 is 0. The molecule has 2 atom stereocenters. The second kappa shape index (κ2) is 10.4. The van der Waals surface area contributed by atoms with Crippen molar-refractivity contribution < 1.29 is 20.1 Å². The van der Waals surface area contributed by atoms with Gasteiger partial charge in [-0.05, 0) is 41.5 Å². The van der Waals surface area contributed by atoms with Gasteiger partial charge in [0.15, 0.2) is 0 Å². The highest BCUT2D eigenvalue weighted by Gasteiger charge is 2.33. The van der Waals surface area contributed by atoms with E-state index >= 15 is 0 Å². The van der Waals surface area contributed by atoms with Crippen molar-refractivity contribution in [3.05, 3.63) is 83.4 Å². The molecule has 0 amide bonds. The predicted molar refractivity (Wildman–Crippen MR) is 117 cm³/mol. The molecule has 0 aromatic heterocycles. The molecule has 154 valence electrons. The number of aromatic hydroxyl groups is 3. The molecule has 29 heavy (non-hydrogen) atoms. The predicted octanol–water partition coefficient (Wildman–Crippen LogP) is 6.16. The monoisotopic (exact) mass is 394 g/mol. The average Bonchev–Trinajstić information content (AvgIpc) is 2.77. The lowest BCUT2D eigenvalue weighted by Crippen LogP contribution is -2.25. The summed E-state index contributed by atoms with van der Waals surface area (Å²) in [5, 5.41) is 28.9. The van der Waals surface area contributed by atoms with Crippen molar-refractivity contribution in [2.24, 2.45) is 0 Å². The van der Waals surface area contributed by atoms with Crippen molar-refractivity contribution in [1.29, 1.82) is 0 Å². The molecule has 0 saturated carbocycles. The maximum atomic E-state index is 9.75. The first kappa shape index (κ1) is 22.2. The Morgan fingerprint density at radius 1 is 0.655 bits per heavy atom. The van der Waals surface area contributed by atoms with E-state index in [1.165, 1.54) is 0 Å². The second-order valence-electron chi connectivity index (χ2n) is 6.30. The summed E-state index contributed by atoms with van der Waals surface area (Å²) in [7, 11) is 0. The molecule has 2 unspecified atom stereocenters. The Hall–Kier alpha value is -3.14. The first-order valence-electron chi connectivity index (χ1n) is 10.2. The van der Waals surface area contributed by atoms with Crippen LogP contribution in [0.3, 0.4) is 0 Å². The van der Waals surface area contributed by atoms with Crippen LogP contribution in [0.5, 0.6) is 23.0 Å². The zero-order chi connectivity index (χ0) is 21.4. The van der Waals surface area contributed by atoms with Crippen LogP contribution in [0.15, 0.2) is 66.7 Å². The lowest BCUT2D eigenvalue weighted by Gasteiger charge is -2.34. The van der Waals surface area contributed by atoms with Gasteiger partial charge in [0.2, 0.25) is 0 Å². The highest BCUT2D eigenvalue weighted by molar-refractivity contribution is 5.51. The van der Waals surface area contributed by atoms with Crippen LogP contribution < -0.4 is 4.74 Å². The highest BCUT2D eigenvalue weighted by atomic mass is 16.5. The van der Waals surface area contributed by atoms with E-state index in [9.17, 15) is 15.3 Å². The van der Waals surface area contributed by atoms with Crippen molar-refractivity contribution in [3.8, 4) is 23.0 Å². The highest BCUT2D eigenvalue weighted by Crippen LogP contribution is 2.47. The Morgan fingerprint density at radius 2 is 1.14 bits per heavy atom. The SMILES string of the molecule is CC.CC.Oc1ccc(C2COc3cc(O)ccc3C2c2ccc(O)cc2)cc1. The molecule has 0 spiro atoms. The minimum atomic E-state index is 0.0227. The van der Waals surface area contributed by atoms with Crippen LogP contribution in [0, 0.1) is 0 Å². The van der Waals surface area contributed by atoms with E-state index in [0.717, 1.165) is 16.7 Å². The average molecular weight is 395 g/mol. The summed E-state index contributed by atoms with van der Waals surface area (Å²) in [6, 6.07) is 19.5. The third-order valence-electron chi connectivity index (χ3n) is 4.73. The number of phenols is 3. The van der Waals surface area contributed by atoms with E-state index in [0.29, 0.717) is 12.4 Å². The van der Waals surface area contributed by atoms with Crippen molar-refractivity contribution in [1.82, 2.24) is 0 Å². The minimum Gasteiger partial charge on any atom is -0.508 e. The van der Waals surface area contributed by atoms with Crippen LogP contribution in [0.1, 0.15) is 56.2 Å². The lowest BCUT2D eigenvalue weighted by molar-refractivity contribution is 0.247. The fraction of sp³-hybridized carbons (Fsp3) is 0.280. The number of hydrogen-bond acceptors (Lipinski definition) is 4. The summed E-state index contributed by atoms with van der Waals surface area (Å²) < 4.78 is 5.91. The molecule has 0 aliphatic carbocycles. The standard InChI is InChI=1S/C21H18O4.2C2H6/c22-15-5-1-13(2-6-15)19-12-25-20-11-17(24)9-10-18(20)21(19)14-3-7-16(23)8-4-14;2*1-2/h1-11,19,21-24H,12H2;2*1-2H3. The smallest absolute Gasteiger partial charge is 0.126 e. The third kappa shape index (κ3) is 5.02. The number of fused-ring (bicyclic) bond motifs is 1. The molecule has 4 heteroatoms. The first-order valence-corrected chi connectivity index (χ1v) is 10.2. The first-order chi connectivity index (χ1) is 14.1. The Bertz CT molecular complexity index is 886. The summed E-state index contributed by atoms with van der Waals surface area (Å²) in [4.78, 5) is 0. The molecule has 0 saturated heterocycles. The second-order valence-corrected chi connectivity index (χ2v) is 6.30. The quantitative estimate of drug-likeness (QED) is 0.486. The van der Waals surface area contributed by atoms with Crippen molar-refractivity contribution in [2.45, 2.75) is 39.5 Å². The number of ether oxygens (including phenoxy) is 1. The Labute approximate surface area is 173 Å². The topological polar surface area (TPSA) is 69.9 Å². The number of hydrogen-bond donors (Lipinski definition) is 3. The summed E-state index contributed by atoms with van der Waals surface area (Å²) in [6.45, 7) is 8.47. The van der Waals surface area contributed by atoms with Gasteiger partial charge in [-0.15, -0.1) is 0 Å². The largest absolute Gasteiger partial charge is 0.508 e. The molecule has 0 fully saturated rings. The van der Waals surface area contributed by atoms with Gasteiger partial charge in [-0.3, -0.25) is 0 Å². The van der Waals surface area contributed by atoms with Gasteiger partial charge >= 0.3 is 0 Å². The number of rotatable bonds is 2. The molecule has 1 heterocycles. The fourth-order valence-corrected chi connectivity index (χ4v) is 3.50. The van der Waals surface area contributed by atoms with Crippen LogP contribution in [0.4, 0.5) is 0 Å². The van der Waals surface area contributed by atoms with Gasteiger partial charge in [-0.25, -0.2) is 0 Å². The zero-order valence-corrected chi connectivity index (χ0v) is 17.5. The van der Waals surface area contributed by atoms with Gasteiger partial charge in [-0.1, -0.05) is 58.0 Å². The summed E-state index contributed by atoms with van der Waals surface area (Å²) in [5.74, 6) is 1.38. The van der Waals surface area contributed by atoms with E-state index < -0.39 is 0 Å². The summed E-state index contributed by atoms with van der Waals surface area (Å²) in [5.41, 5.74) is 3.12. The van der Waals surface area contributed by atoms with Crippen LogP contribution in [-0.4, -0.2) is 21.9 Å². The van der Waals surface area contributed by atoms with Crippen molar-refractivity contribution in [3.63, 3.8) is 0 Å². The molecule has 0 bridgehead atoms. The van der Waals surface area contributed by atoms with Crippen LogP contribution in [0.25, 0.3) is 0 Å². The molecule has 3 N–H and O–H groups in total. The van der Waals surface area contributed by atoms with E-state index in [1.807, 2.05) is 58.0 Å². The van der Waals surface area contributed by atoms with Crippen LogP contribution in [0.2, 0.25) is 0 Å². The van der Waals surface area contributed by atoms with Gasteiger partial charge in [0.25, 0.3) is 0 Å².